The fourth-order valence-electron chi connectivity index (χ4n) is 2.45. The number of rotatable bonds is 1. The summed E-state index contributed by atoms with van der Waals surface area (Å²) in [6, 6.07) is 11.7. The van der Waals surface area contributed by atoms with Crippen LogP contribution in [0.4, 0.5) is 0 Å². The summed E-state index contributed by atoms with van der Waals surface area (Å²) >= 11 is 6.22. The molecule has 1 aliphatic heterocycles. The predicted molar refractivity (Wildman–Crippen MR) is 82.3 cm³/mol. The van der Waals surface area contributed by atoms with Gasteiger partial charge in [-0.25, -0.2) is 5.43 Å². The Kier molecular flexibility index (Phi) is 3.04. The van der Waals surface area contributed by atoms with E-state index in [4.69, 9.17) is 11.6 Å². The normalized spacial score (nSPS) is 19.6. The van der Waals surface area contributed by atoms with Gasteiger partial charge in [-0.2, -0.15) is 0 Å². The second-order valence-electron chi connectivity index (χ2n) is 5.44. The molecule has 0 saturated carbocycles. The lowest BCUT2D eigenvalue weighted by molar-refractivity contribution is -0.116. The van der Waals surface area contributed by atoms with Crippen LogP contribution in [0.15, 0.2) is 42.0 Å². The molecule has 102 valence electrons. The topological polar surface area (TPSA) is 41.1 Å². The fourth-order valence-corrected chi connectivity index (χ4v) is 2.69. The highest BCUT2D eigenvalue weighted by molar-refractivity contribution is 6.35. The summed E-state index contributed by atoms with van der Waals surface area (Å²) in [5, 5.41) is 2.76. The first-order valence-electron chi connectivity index (χ1n) is 6.46. The van der Waals surface area contributed by atoms with E-state index in [1.807, 2.05) is 56.3 Å². The number of carbonyl (C=O) groups is 1. The van der Waals surface area contributed by atoms with Gasteiger partial charge >= 0.3 is 0 Å². The molecule has 3 rings (SSSR count). The van der Waals surface area contributed by atoms with Gasteiger partial charge < -0.3 is 0 Å². The summed E-state index contributed by atoms with van der Waals surface area (Å²) < 4.78 is 0. The van der Waals surface area contributed by atoms with E-state index in [-0.39, 0.29) is 5.91 Å². The van der Waals surface area contributed by atoms with E-state index in [9.17, 15) is 4.79 Å². The van der Waals surface area contributed by atoms with Crippen LogP contribution in [0.2, 0.25) is 5.02 Å². The van der Waals surface area contributed by atoms with Gasteiger partial charge in [0.1, 0.15) is 0 Å². The van der Waals surface area contributed by atoms with Gasteiger partial charge in [-0.3, -0.25) is 10.2 Å². The summed E-state index contributed by atoms with van der Waals surface area (Å²) in [5.41, 5.74) is 6.95. The Morgan fingerprint density at radius 2 is 1.80 bits per heavy atom. The van der Waals surface area contributed by atoms with Crippen molar-refractivity contribution < 1.29 is 4.79 Å². The molecule has 0 radical (unpaired) electrons. The van der Waals surface area contributed by atoms with Crippen LogP contribution in [0.5, 0.6) is 0 Å². The Balaban J connectivity index is 2.21. The first-order valence-corrected chi connectivity index (χ1v) is 6.84. The third-order valence-electron chi connectivity index (χ3n) is 3.61. The lowest BCUT2D eigenvalue weighted by Gasteiger charge is -2.17. The number of nitrogens with one attached hydrogen (secondary N) is 2. The minimum atomic E-state index is -0.391. The van der Waals surface area contributed by atoms with Gasteiger partial charge in [0.25, 0.3) is 5.91 Å². The van der Waals surface area contributed by atoms with Gasteiger partial charge in [0, 0.05) is 16.0 Å². The summed E-state index contributed by atoms with van der Waals surface area (Å²) in [6.45, 7) is 3.93. The number of hydrogen-bond acceptors (Lipinski definition) is 2. The SMILES string of the molecule is CC1(C)NNC(=O)/C1=C\c1cccc2c(Cl)cccc12. The van der Waals surface area contributed by atoms with Gasteiger partial charge in [0.15, 0.2) is 0 Å². The van der Waals surface area contributed by atoms with Gasteiger partial charge in [0.2, 0.25) is 0 Å². The maximum Gasteiger partial charge on any atom is 0.263 e. The highest BCUT2D eigenvalue weighted by Gasteiger charge is 2.34. The van der Waals surface area contributed by atoms with Crippen molar-refractivity contribution in [3.8, 4) is 0 Å². The Labute approximate surface area is 122 Å². The maximum atomic E-state index is 11.9. The summed E-state index contributed by atoms with van der Waals surface area (Å²) in [5.74, 6) is -0.0889. The van der Waals surface area contributed by atoms with Crippen LogP contribution in [0.3, 0.4) is 0 Å². The summed E-state index contributed by atoms with van der Waals surface area (Å²) in [6.07, 6.45) is 1.92. The molecule has 3 nitrogen and oxygen atoms in total. The van der Waals surface area contributed by atoms with Crippen molar-refractivity contribution >= 4 is 34.4 Å². The molecule has 2 aromatic carbocycles. The van der Waals surface area contributed by atoms with Gasteiger partial charge in [0.05, 0.1) is 5.54 Å². The molecule has 0 unspecified atom stereocenters. The number of fused-ring (bicyclic) bond motifs is 1. The highest BCUT2D eigenvalue weighted by Crippen LogP contribution is 2.29. The molecule has 0 aromatic heterocycles. The van der Waals surface area contributed by atoms with Crippen molar-refractivity contribution in [2.75, 3.05) is 0 Å². The van der Waals surface area contributed by atoms with Crippen LogP contribution in [0.25, 0.3) is 16.8 Å². The lowest BCUT2D eigenvalue weighted by atomic mass is 9.92. The third-order valence-corrected chi connectivity index (χ3v) is 3.94. The molecule has 0 bridgehead atoms. The second-order valence-corrected chi connectivity index (χ2v) is 5.85. The molecule has 0 atom stereocenters. The van der Waals surface area contributed by atoms with E-state index in [1.54, 1.807) is 0 Å². The smallest absolute Gasteiger partial charge is 0.263 e. The molecule has 2 N–H and O–H groups in total. The number of hydrogen-bond donors (Lipinski definition) is 2. The van der Waals surface area contributed by atoms with Crippen LogP contribution in [0, 0.1) is 0 Å². The monoisotopic (exact) mass is 286 g/mol. The average molecular weight is 287 g/mol. The first-order chi connectivity index (χ1) is 9.49. The summed E-state index contributed by atoms with van der Waals surface area (Å²) in [7, 11) is 0. The van der Waals surface area contributed by atoms with E-state index >= 15 is 0 Å². The zero-order valence-corrected chi connectivity index (χ0v) is 12.1. The molecule has 1 fully saturated rings. The molecule has 1 heterocycles. The average Bonchev–Trinajstić information content (AvgIpc) is 2.67. The standard InChI is InChI=1S/C16H15ClN2O/c1-16(2)13(15(20)18-19-16)9-10-5-3-7-12-11(10)6-4-8-14(12)17/h3-9,19H,1-2H3,(H,18,20)/b13-9+. The molecule has 4 heteroatoms. The highest BCUT2D eigenvalue weighted by atomic mass is 35.5. The maximum absolute atomic E-state index is 11.9. The third kappa shape index (κ3) is 2.09. The molecule has 1 saturated heterocycles. The zero-order valence-electron chi connectivity index (χ0n) is 11.3. The second kappa shape index (κ2) is 4.62. The molecular weight excluding hydrogens is 272 g/mol. The molecule has 1 amide bonds. The van der Waals surface area contributed by atoms with E-state index in [1.165, 1.54) is 0 Å². The molecule has 20 heavy (non-hydrogen) atoms. The van der Waals surface area contributed by atoms with Gasteiger partial charge in [-0.15, -0.1) is 0 Å². The minimum Gasteiger partial charge on any atom is -0.287 e. The van der Waals surface area contributed by atoms with E-state index < -0.39 is 5.54 Å². The van der Waals surface area contributed by atoms with Gasteiger partial charge in [-0.05, 0) is 36.9 Å². The summed E-state index contributed by atoms with van der Waals surface area (Å²) in [4.78, 5) is 11.9. The van der Waals surface area contributed by atoms with Crippen molar-refractivity contribution in [1.29, 1.82) is 0 Å². The number of hydrazine groups is 1. The first kappa shape index (κ1) is 13.2. The minimum absolute atomic E-state index is 0.0889. The Morgan fingerprint density at radius 3 is 2.50 bits per heavy atom. The zero-order chi connectivity index (χ0) is 14.3. The number of amides is 1. The van der Waals surface area contributed by atoms with Crippen molar-refractivity contribution in [3.63, 3.8) is 0 Å². The Bertz CT molecular complexity index is 734. The van der Waals surface area contributed by atoms with Gasteiger partial charge in [-0.1, -0.05) is 41.9 Å². The fraction of sp³-hybridized carbons (Fsp3) is 0.188. The molecule has 2 aromatic rings. The van der Waals surface area contributed by atoms with Crippen molar-refractivity contribution in [3.05, 3.63) is 52.6 Å². The number of benzene rings is 2. The lowest BCUT2D eigenvalue weighted by Crippen LogP contribution is -2.38. The predicted octanol–water partition coefficient (Wildman–Crippen LogP) is 3.29. The van der Waals surface area contributed by atoms with Crippen LogP contribution >= 0.6 is 11.6 Å². The van der Waals surface area contributed by atoms with Crippen molar-refractivity contribution in [2.24, 2.45) is 0 Å². The van der Waals surface area contributed by atoms with Crippen LogP contribution in [-0.2, 0) is 4.79 Å². The number of halogens is 1. The Morgan fingerprint density at radius 1 is 1.10 bits per heavy atom. The quantitative estimate of drug-likeness (QED) is 0.790. The Hall–Kier alpha value is -1.84. The van der Waals surface area contributed by atoms with E-state index in [2.05, 4.69) is 10.9 Å². The molecular formula is C16H15ClN2O. The van der Waals surface area contributed by atoms with Crippen molar-refractivity contribution in [2.45, 2.75) is 19.4 Å². The molecule has 0 spiro atoms. The van der Waals surface area contributed by atoms with Crippen LogP contribution < -0.4 is 10.9 Å². The molecule has 0 aliphatic carbocycles. The number of carbonyl (C=O) groups excluding carboxylic acids is 1. The largest absolute Gasteiger partial charge is 0.287 e. The van der Waals surface area contributed by atoms with Crippen LogP contribution in [-0.4, -0.2) is 11.4 Å². The molecule has 1 aliphatic rings. The van der Waals surface area contributed by atoms with E-state index in [0.29, 0.717) is 5.57 Å². The van der Waals surface area contributed by atoms with Crippen LogP contribution in [0.1, 0.15) is 19.4 Å². The van der Waals surface area contributed by atoms with Crippen molar-refractivity contribution in [1.82, 2.24) is 10.9 Å². The van der Waals surface area contributed by atoms with E-state index in [0.717, 1.165) is 21.4 Å².